The molecule has 4 saturated carbocycles. The Hall–Kier alpha value is -3.04. The van der Waals surface area contributed by atoms with Gasteiger partial charge in [0.15, 0.2) is 0 Å². The van der Waals surface area contributed by atoms with Gasteiger partial charge in [0, 0.05) is 17.1 Å². The molecule has 4 unspecified atom stereocenters. The van der Waals surface area contributed by atoms with Crippen LogP contribution in [0.4, 0.5) is 0 Å². The molecule has 6 fully saturated rings. The lowest BCUT2D eigenvalue weighted by Gasteiger charge is -2.40. The summed E-state index contributed by atoms with van der Waals surface area (Å²) in [7, 11) is 3.52. The summed E-state index contributed by atoms with van der Waals surface area (Å²) in [5.41, 5.74) is 6.18. The van der Waals surface area contributed by atoms with Crippen LogP contribution in [0.2, 0.25) is 5.02 Å². The maximum atomic E-state index is 8.92. The van der Waals surface area contributed by atoms with Crippen molar-refractivity contribution < 1.29 is 9.47 Å². The molecule has 2 heterocycles. The number of piperidine rings is 2. The monoisotopic (exact) mass is 747 g/mol. The van der Waals surface area contributed by atoms with E-state index in [0.717, 1.165) is 57.8 Å². The Balaban J connectivity index is 0.000000164. The predicted molar refractivity (Wildman–Crippen MR) is 221 cm³/mol. The second-order valence-electron chi connectivity index (χ2n) is 17.8. The van der Waals surface area contributed by atoms with Gasteiger partial charge in [0.2, 0.25) is 0 Å². The number of nitriles is 1. The van der Waals surface area contributed by atoms with Gasteiger partial charge < -0.3 is 19.3 Å². The zero-order chi connectivity index (χ0) is 37.0. The molecule has 3 aromatic rings. The summed E-state index contributed by atoms with van der Waals surface area (Å²) in [5, 5.41) is 9.82. The molecule has 0 spiro atoms. The maximum Gasteiger partial charge on any atom is 0.122 e. The standard InChI is InChI=1S/C29H36N2O.C19H26ClNO/c1-32-29-11-9-26(24-7-4-21(5-8-24)12-15-30)20-28(29)25-13-16-31(17-14-25)27-10-6-22-2-3-23(18-22)19-27;1-22-16-4-5-18(20)17(12-16)14-6-8-21(9-7-14)19-11-13-2-3-15(19)10-13/h4-5,7-9,11,20,22-23,25,27H,2-3,6,10,12-14,16-19H2,1H3;4-5,12-15,19H,2-3,6-11H2,1H3/t;13-,15-,19?/m.0/s1. The fourth-order valence-electron chi connectivity index (χ4n) is 11.8. The summed E-state index contributed by atoms with van der Waals surface area (Å²) in [4.78, 5) is 5.61. The molecular weight excluding hydrogens is 686 g/mol. The Morgan fingerprint density at radius 3 is 1.98 bits per heavy atom. The van der Waals surface area contributed by atoms with E-state index in [4.69, 9.17) is 26.3 Å². The predicted octanol–water partition coefficient (Wildman–Crippen LogP) is 11.3. The van der Waals surface area contributed by atoms with Gasteiger partial charge in [-0.2, -0.15) is 5.26 Å². The largest absolute Gasteiger partial charge is 0.497 e. The van der Waals surface area contributed by atoms with Crippen molar-refractivity contribution in [2.75, 3.05) is 40.4 Å². The number of methoxy groups -OCH3 is 2. The van der Waals surface area contributed by atoms with Gasteiger partial charge in [0.25, 0.3) is 0 Å². The van der Waals surface area contributed by atoms with Crippen molar-refractivity contribution in [1.29, 1.82) is 5.26 Å². The van der Waals surface area contributed by atoms with E-state index in [1.807, 2.05) is 12.1 Å². The third kappa shape index (κ3) is 8.52. The summed E-state index contributed by atoms with van der Waals surface area (Å²) < 4.78 is 11.2. The van der Waals surface area contributed by atoms with Crippen molar-refractivity contribution in [2.45, 2.75) is 120 Å². The Bertz CT molecular complexity index is 1740. The van der Waals surface area contributed by atoms with E-state index in [-0.39, 0.29) is 0 Å². The third-order valence-corrected chi connectivity index (χ3v) is 15.1. The lowest BCUT2D eigenvalue weighted by atomic mass is 9.85. The highest BCUT2D eigenvalue weighted by Gasteiger charge is 2.43. The first-order chi connectivity index (χ1) is 26.5. The van der Waals surface area contributed by atoms with Crippen LogP contribution in [0.5, 0.6) is 11.5 Å². The molecule has 54 heavy (non-hydrogen) atoms. The van der Waals surface area contributed by atoms with Crippen molar-refractivity contribution in [3.05, 3.63) is 82.4 Å². The Morgan fingerprint density at radius 2 is 1.30 bits per heavy atom. The van der Waals surface area contributed by atoms with Crippen LogP contribution in [0.3, 0.4) is 0 Å². The summed E-state index contributed by atoms with van der Waals surface area (Å²) in [6, 6.07) is 25.1. The summed E-state index contributed by atoms with van der Waals surface area (Å²) in [5.74, 6) is 7.20. The highest BCUT2D eigenvalue weighted by Crippen LogP contribution is 2.48. The van der Waals surface area contributed by atoms with Crippen LogP contribution in [0, 0.1) is 35.0 Å². The minimum atomic E-state index is 0.467. The zero-order valence-electron chi connectivity index (χ0n) is 32.9. The molecule has 0 amide bonds. The van der Waals surface area contributed by atoms with Gasteiger partial charge in [0.05, 0.1) is 26.7 Å². The van der Waals surface area contributed by atoms with Gasteiger partial charge in [0.1, 0.15) is 11.5 Å². The second-order valence-corrected chi connectivity index (χ2v) is 18.2. The third-order valence-electron chi connectivity index (χ3n) is 14.8. The van der Waals surface area contributed by atoms with Crippen LogP contribution in [0.25, 0.3) is 11.1 Å². The first kappa shape index (κ1) is 37.9. The normalized spacial score (nSPS) is 28.9. The maximum absolute atomic E-state index is 8.92. The molecule has 6 aliphatic rings. The van der Waals surface area contributed by atoms with E-state index in [1.165, 1.54) is 138 Å². The molecule has 6 heteroatoms. The first-order valence-electron chi connectivity index (χ1n) is 21.4. The minimum absolute atomic E-state index is 0.467. The highest BCUT2D eigenvalue weighted by atomic mass is 35.5. The zero-order valence-corrected chi connectivity index (χ0v) is 33.6. The number of ether oxygens (including phenoxy) is 2. The number of benzene rings is 3. The smallest absolute Gasteiger partial charge is 0.122 e. The van der Waals surface area contributed by atoms with Gasteiger partial charge in [-0.1, -0.05) is 61.2 Å². The quantitative estimate of drug-likeness (QED) is 0.230. The van der Waals surface area contributed by atoms with E-state index in [2.05, 4.69) is 64.4 Å². The lowest BCUT2D eigenvalue weighted by Crippen LogP contribution is -2.43. The summed E-state index contributed by atoms with van der Waals surface area (Å²) >= 11 is 6.43. The van der Waals surface area contributed by atoms with Gasteiger partial charge >= 0.3 is 0 Å². The fourth-order valence-corrected chi connectivity index (χ4v) is 12.1. The van der Waals surface area contributed by atoms with Crippen LogP contribution in [-0.2, 0) is 6.42 Å². The molecule has 4 bridgehead atoms. The SMILES string of the molecule is COc1ccc(-c2ccc(CC#N)cc2)cc1C1CCN(C2CCC3CCC(C3)C2)CC1.COc1ccc(Cl)c(C2CCN(C3C[C@H]4CC[C@H]3C4)CC2)c1. The molecule has 5 nitrogen and oxygen atoms in total. The van der Waals surface area contributed by atoms with Crippen molar-refractivity contribution in [1.82, 2.24) is 9.80 Å². The second kappa shape index (κ2) is 17.4. The molecular formula is C48H62ClN3O2. The topological polar surface area (TPSA) is 48.7 Å². The van der Waals surface area contributed by atoms with Crippen molar-refractivity contribution in [3.8, 4) is 28.7 Å². The number of hydrogen-bond acceptors (Lipinski definition) is 5. The van der Waals surface area contributed by atoms with Crippen LogP contribution in [0.1, 0.15) is 118 Å². The molecule has 6 atom stereocenters. The average molecular weight is 748 g/mol. The van der Waals surface area contributed by atoms with Crippen LogP contribution < -0.4 is 9.47 Å². The Labute approximate surface area is 330 Å². The van der Waals surface area contributed by atoms with Gasteiger partial charge in [-0.05, 0) is 190 Å². The summed E-state index contributed by atoms with van der Waals surface area (Å²) in [6.45, 7) is 4.93. The van der Waals surface area contributed by atoms with E-state index in [9.17, 15) is 0 Å². The molecule has 4 aliphatic carbocycles. The number of halogens is 1. The summed E-state index contributed by atoms with van der Waals surface area (Å²) in [6.07, 6.45) is 20.2. The number of nitrogens with zero attached hydrogens (tertiary/aromatic N) is 3. The first-order valence-corrected chi connectivity index (χ1v) is 21.8. The van der Waals surface area contributed by atoms with Crippen LogP contribution >= 0.6 is 11.6 Å². The molecule has 2 saturated heterocycles. The molecule has 0 aromatic heterocycles. The van der Waals surface area contributed by atoms with Crippen LogP contribution in [-0.4, -0.2) is 62.3 Å². The molecule has 9 rings (SSSR count). The van der Waals surface area contributed by atoms with Crippen molar-refractivity contribution in [3.63, 3.8) is 0 Å². The van der Waals surface area contributed by atoms with E-state index >= 15 is 0 Å². The van der Waals surface area contributed by atoms with Crippen molar-refractivity contribution in [2.24, 2.45) is 23.7 Å². The number of hydrogen-bond donors (Lipinski definition) is 0. The van der Waals surface area contributed by atoms with Gasteiger partial charge in [-0.15, -0.1) is 0 Å². The molecule has 3 aromatic carbocycles. The van der Waals surface area contributed by atoms with Crippen LogP contribution in [0.15, 0.2) is 60.7 Å². The number of likely N-dealkylation sites (tertiary alicyclic amines) is 2. The number of fused-ring (bicyclic) bond motifs is 4. The molecule has 288 valence electrons. The highest BCUT2D eigenvalue weighted by molar-refractivity contribution is 6.31. The average Bonchev–Trinajstić information content (AvgIpc) is 3.95. The van der Waals surface area contributed by atoms with Crippen molar-refractivity contribution >= 4 is 11.6 Å². The lowest BCUT2D eigenvalue weighted by molar-refractivity contribution is 0.111. The molecule has 0 radical (unpaired) electrons. The van der Waals surface area contributed by atoms with E-state index in [1.54, 1.807) is 14.2 Å². The van der Waals surface area contributed by atoms with Gasteiger partial charge in [-0.3, -0.25) is 0 Å². The van der Waals surface area contributed by atoms with Gasteiger partial charge in [-0.25, -0.2) is 0 Å². The van der Waals surface area contributed by atoms with E-state index < -0.39 is 0 Å². The minimum Gasteiger partial charge on any atom is -0.497 e. The molecule has 0 N–H and O–H groups in total. The Kier molecular flexibility index (Phi) is 12.2. The van der Waals surface area contributed by atoms with E-state index in [0.29, 0.717) is 18.3 Å². The Morgan fingerprint density at radius 1 is 0.630 bits per heavy atom. The fraction of sp³-hybridized carbons (Fsp3) is 0.604. The number of rotatable bonds is 8. The molecule has 2 aliphatic heterocycles.